The molecule has 0 aromatic rings. The van der Waals surface area contributed by atoms with Crippen molar-refractivity contribution >= 4 is 29.4 Å². The third kappa shape index (κ3) is 4.71. The fourth-order valence-electron chi connectivity index (χ4n) is 11.6. The molecular weight excluding hydrogens is 558 g/mol. The molecule has 8 nitrogen and oxygen atoms in total. The maximum Gasteiger partial charge on any atom is 0.322 e. The van der Waals surface area contributed by atoms with E-state index in [9.17, 15) is 29.1 Å². The second-order valence-corrected chi connectivity index (χ2v) is 17.1. The van der Waals surface area contributed by atoms with E-state index < -0.39 is 29.8 Å². The van der Waals surface area contributed by atoms with E-state index in [2.05, 4.69) is 46.9 Å². The first kappa shape index (κ1) is 32.9. The van der Waals surface area contributed by atoms with Gasteiger partial charge in [0.25, 0.3) is 0 Å². The first-order valence-corrected chi connectivity index (χ1v) is 16.8. The summed E-state index contributed by atoms with van der Waals surface area (Å²) in [5, 5.41) is 21.3. The van der Waals surface area contributed by atoms with Crippen molar-refractivity contribution in [3.63, 3.8) is 0 Å². The highest BCUT2D eigenvalue weighted by Gasteiger charge is 2.70. The third-order valence-corrected chi connectivity index (χ3v) is 14.5. The van der Waals surface area contributed by atoms with E-state index in [0.29, 0.717) is 19.3 Å². The van der Waals surface area contributed by atoms with Gasteiger partial charge in [-0.15, -0.1) is 0 Å². The van der Waals surface area contributed by atoms with Crippen LogP contribution < -0.4 is 5.32 Å². The number of carbonyl (C=O) groups excluding carboxylic acids is 3. The van der Waals surface area contributed by atoms with Gasteiger partial charge < -0.3 is 15.5 Å². The topological polar surface area (TPSA) is 138 Å². The summed E-state index contributed by atoms with van der Waals surface area (Å²) in [6.07, 6.45) is 9.45. The van der Waals surface area contributed by atoms with Crippen LogP contribution in [0.25, 0.3) is 0 Å². The molecule has 3 N–H and O–H groups in total. The Hall–Kier alpha value is -2.51. The lowest BCUT2D eigenvalue weighted by Crippen LogP contribution is -2.66. The van der Waals surface area contributed by atoms with Crippen molar-refractivity contribution in [2.24, 2.45) is 56.2 Å². The number of aliphatic carboxylic acids is 2. The fraction of sp³-hybridized carbons (Fsp3) is 0.806. The Morgan fingerprint density at radius 1 is 0.864 bits per heavy atom. The Morgan fingerprint density at radius 2 is 1.52 bits per heavy atom. The maximum absolute atomic E-state index is 14.5. The van der Waals surface area contributed by atoms with E-state index in [-0.39, 0.29) is 75.2 Å². The van der Waals surface area contributed by atoms with Gasteiger partial charge in [-0.25, -0.2) is 0 Å². The summed E-state index contributed by atoms with van der Waals surface area (Å²) in [7, 11) is 0. The number of carboxylic acid groups (broad SMARTS) is 2. The van der Waals surface area contributed by atoms with Crippen LogP contribution in [0, 0.1) is 56.2 Å². The van der Waals surface area contributed by atoms with Gasteiger partial charge in [-0.3, -0.25) is 24.0 Å². The smallest absolute Gasteiger partial charge is 0.322 e. The summed E-state index contributed by atoms with van der Waals surface area (Å²) < 4.78 is 0. The molecule has 0 aliphatic heterocycles. The molecule has 8 heteroatoms. The lowest BCUT2D eigenvalue weighted by Gasteiger charge is -2.70. The van der Waals surface area contributed by atoms with Crippen molar-refractivity contribution in [3.8, 4) is 0 Å². The van der Waals surface area contributed by atoms with Gasteiger partial charge in [-0.1, -0.05) is 47.1 Å². The number of carboxylic acids is 2. The summed E-state index contributed by atoms with van der Waals surface area (Å²) in [4.78, 5) is 63.3. The summed E-state index contributed by atoms with van der Waals surface area (Å²) in [5.74, 6) is -2.18. The number of fused-ring (bicyclic) bond motifs is 7. The van der Waals surface area contributed by atoms with Crippen molar-refractivity contribution in [3.05, 3.63) is 11.6 Å². The zero-order chi connectivity index (χ0) is 32.7. The van der Waals surface area contributed by atoms with E-state index in [4.69, 9.17) is 5.11 Å². The van der Waals surface area contributed by atoms with Gasteiger partial charge >= 0.3 is 11.9 Å². The zero-order valence-corrected chi connectivity index (χ0v) is 27.8. The minimum absolute atomic E-state index is 0.00975. The van der Waals surface area contributed by atoms with Gasteiger partial charge in [-0.2, -0.15) is 0 Å². The quantitative estimate of drug-likeness (QED) is 0.311. The molecule has 0 radical (unpaired) electrons. The first-order chi connectivity index (χ1) is 20.2. The van der Waals surface area contributed by atoms with E-state index in [1.807, 2.05) is 13.0 Å². The lowest BCUT2D eigenvalue weighted by atomic mass is 9.33. The van der Waals surface area contributed by atoms with E-state index in [1.165, 1.54) is 5.57 Å². The monoisotopic (exact) mass is 611 g/mol. The van der Waals surface area contributed by atoms with Crippen molar-refractivity contribution in [1.29, 1.82) is 0 Å². The van der Waals surface area contributed by atoms with Crippen LogP contribution in [0.5, 0.6) is 0 Å². The average Bonchev–Trinajstić information content (AvgIpc) is 2.92. The van der Waals surface area contributed by atoms with Gasteiger partial charge in [0.1, 0.15) is 12.3 Å². The molecule has 0 bridgehead atoms. The highest BCUT2D eigenvalue weighted by molar-refractivity contribution is 5.96. The molecule has 4 saturated carbocycles. The number of ketones is 2. The lowest BCUT2D eigenvalue weighted by molar-refractivity contribution is -0.194. The van der Waals surface area contributed by atoms with Crippen LogP contribution in [-0.2, 0) is 24.0 Å². The number of nitrogens with one attached hydrogen (secondary N) is 1. The standard InChI is InChI=1S/C36H53NO7/c1-31(2)21(24(38)8-9-27(40)37-20-28(41)42)10-12-34(5)26(31)11-13-36(7)29(34)25(39)18-22-23-19-33(4,30(43)44)15-14-32(23,3)16-17-35(22,36)6/h18,21,23,26,29H,8-17,19-20H2,1-7H3,(H,37,40)(H,41,42)(H,43,44)/t21-,23+,26+,29-,32-,33+,34+,35-,36-/m1/s1. The average molecular weight is 612 g/mol. The molecule has 0 aromatic heterocycles. The van der Waals surface area contributed by atoms with Crippen molar-refractivity contribution in [2.45, 2.75) is 119 Å². The Labute approximate surface area is 262 Å². The second-order valence-electron chi connectivity index (χ2n) is 17.1. The second kappa shape index (κ2) is 10.5. The predicted molar refractivity (Wildman–Crippen MR) is 165 cm³/mol. The summed E-state index contributed by atoms with van der Waals surface area (Å²) in [6, 6.07) is 0. The van der Waals surface area contributed by atoms with Crippen LogP contribution in [0.3, 0.4) is 0 Å². The van der Waals surface area contributed by atoms with Gasteiger partial charge in [0.2, 0.25) is 5.91 Å². The normalized spacial score (nSPS) is 44.2. The number of carbonyl (C=O) groups is 5. The Kier molecular flexibility index (Phi) is 7.86. The molecular formula is C36H53NO7. The van der Waals surface area contributed by atoms with Crippen molar-refractivity contribution in [2.75, 3.05) is 6.54 Å². The highest BCUT2D eigenvalue weighted by atomic mass is 16.4. The number of allylic oxidation sites excluding steroid dienone is 2. The largest absolute Gasteiger partial charge is 0.481 e. The Balaban J connectivity index is 1.43. The number of rotatable bonds is 7. The van der Waals surface area contributed by atoms with Crippen LogP contribution in [0.4, 0.5) is 0 Å². The first-order valence-electron chi connectivity index (χ1n) is 16.8. The molecule has 0 unspecified atom stereocenters. The highest BCUT2D eigenvalue weighted by Crippen LogP contribution is 2.75. The van der Waals surface area contributed by atoms with E-state index in [0.717, 1.165) is 38.5 Å². The van der Waals surface area contributed by atoms with Gasteiger partial charge in [0.15, 0.2) is 5.78 Å². The molecule has 44 heavy (non-hydrogen) atoms. The van der Waals surface area contributed by atoms with E-state index in [1.54, 1.807) is 0 Å². The summed E-state index contributed by atoms with van der Waals surface area (Å²) in [6.45, 7) is 15.1. The molecule has 4 fully saturated rings. The van der Waals surface area contributed by atoms with Gasteiger partial charge in [0.05, 0.1) is 5.41 Å². The minimum atomic E-state index is -1.12. The number of Topliss-reactive ketones (excluding diaryl/α,β-unsaturated/α-hetero) is 1. The van der Waals surface area contributed by atoms with Gasteiger partial charge in [0, 0.05) is 24.7 Å². The summed E-state index contributed by atoms with van der Waals surface area (Å²) >= 11 is 0. The number of hydrogen-bond acceptors (Lipinski definition) is 5. The van der Waals surface area contributed by atoms with Crippen LogP contribution in [-0.4, -0.2) is 46.2 Å². The maximum atomic E-state index is 14.5. The molecule has 0 aromatic carbocycles. The van der Waals surface area contributed by atoms with Crippen LogP contribution >= 0.6 is 0 Å². The molecule has 5 rings (SSSR count). The SMILES string of the molecule is CC1(C)[C@@H](C(=O)CCC(=O)NCC(=O)O)CC[C@]2(C)[C@H]3C(=O)C=C4[C@@H]5C[C@@](C)(C(=O)O)CC[C@]5(C)CC[C@@]4(C)[C@]3(C)CC[C@@H]12. The van der Waals surface area contributed by atoms with Crippen LogP contribution in [0.15, 0.2) is 11.6 Å². The molecule has 0 spiro atoms. The summed E-state index contributed by atoms with van der Waals surface area (Å²) in [5.41, 5.74) is -0.653. The number of hydrogen-bond donors (Lipinski definition) is 3. The van der Waals surface area contributed by atoms with Crippen LogP contribution in [0.2, 0.25) is 0 Å². The zero-order valence-electron chi connectivity index (χ0n) is 27.8. The third-order valence-electron chi connectivity index (χ3n) is 14.5. The fourth-order valence-corrected chi connectivity index (χ4v) is 11.6. The molecule has 9 atom stereocenters. The minimum Gasteiger partial charge on any atom is -0.481 e. The van der Waals surface area contributed by atoms with Crippen molar-refractivity contribution < 1.29 is 34.2 Å². The molecule has 1 amide bonds. The predicted octanol–water partition coefficient (Wildman–Crippen LogP) is 6.22. The Bertz CT molecular complexity index is 1320. The van der Waals surface area contributed by atoms with E-state index >= 15 is 0 Å². The Morgan fingerprint density at radius 3 is 2.16 bits per heavy atom. The molecule has 5 aliphatic carbocycles. The molecule has 0 heterocycles. The molecule has 5 aliphatic rings. The van der Waals surface area contributed by atoms with Crippen LogP contribution in [0.1, 0.15) is 119 Å². The molecule has 0 saturated heterocycles. The number of amides is 1. The van der Waals surface area contributed by atoms with Gasteiger partial charge in [-0.05, 0) is 110 Å². The molecule has 244 valence electrons. The van der Waals surface area contributed by atoms with Crippen molar-refractivity contribution in [1.82, 2.24) is 5.32 Å².